The van der Waals surface area contributed by atoms with Gasteiger partial charge in [-0.2, -0.15) is 0 Å². The van der Waals surface area contributed by atoms with Crippen molar-refractivity contribution in [2.75, 3.05) is 13.2 Å². The van der Waals surface area contributed by atoms with Crippen LogP contribution in [0.25, 0.3) is 0 Å². The van der Waals surface area contributed by atoms with Gasteiger partial charge in [0.1, 0.15) is 5.01 Å². The van der Waals surface area contributed by atoms with E-state index in [-0.39, 0.29) is 0 Å². The number of aromatic nitrogens is 1. The minimum atomic E-state index is 0.559. The summed E-state index contributed by atoms with van der Waals surface area (Å²) < 4.78 is 5.60. The van der Waals surface area contributed by atoms with E-state index in [0.717, 1.165) is 18.2 Å². The number of piperidine rings is 1. The number of nitrogens with one attached hydrogen (secondary N) is 1. The van der Waals surface area contributed by atoms with Gasteiger partial charge in [0.2, 0.25) is 0 Å². The summed E-state index contributed by atoms with van der Waals surface area (Å²) in [5.41, 5.74) is 0. The molecule has 1 saturated heterocycles. The Labute approximate surface area is 88.5 Å². The number of hydrogen-bond acceptors (Lipinski definition) is 4. The van der Waals surface area contributed by atoms with E-state index in [1.807, 2.05) is 11.6 Å². The summed E-state index contributed by atoms with van der Waals surface area (Å²) in [5, 5.41) is 6.51. The van der Waals surface area contributed by atoms with Gasteiger partial charge >= 0.3 is 0 Å². The predicted molar refractivity (Wildman–Crippen MR) is 57.4 cm³/mol. The van der Waals surface area contributed by atoms with Gasteiger partial charge in [0.25, 0.3) is 0 Å². The van der Waals surface area contributed by atoms with Crippen LogP contribution in [0.5, 0.6) is 0 Å². The molecule has 1 aliphatic heterocycles. The average Bonchev–Trinajstić information content (AvgIpc) is 2.72. The SMILES string of the molecule is c1csc(COCC2CCCCN2)n1. The molecule has 3 nitrogen and oxygen atoms in total. The van der Waals surface area contributed by atoms with Crippen LogP contribution in [0.15, 0.2) is 11.6 Å². The molecule has 1 N–H and O–H groups in total. The van der Waals surface area contributed by atoms with Crippen LogP contribution in [0.1, 0.15) is 24.3 Å². The smallest absolute Gasteiger partial charge is 0.118 e. The van der Waals surface area contributed by atoms with Crippen molar-refractivity contribution in [1.29, 1.82) is 0 Å². The van der Waals surface area contributed by atoms with Gasteiger partial charge in [-0.05, 0) is 19.4 Å². The number of hydrogen-bond donors (Lipinski definition) is 1. The highest BCUT2D eigenvalue weighted by Crippen LogP contribution is 2.09. The van der Waals surface area contributed by atoms with Gasteiger partial charge in [-0.3, -0.25) is 0 Å². The first-order valence-corrected chi connectivity index (χ1v) is 6.02. The van der Waals surface area contributed by atoms with Crippen LogP contribution < -0.4 is 5.32 Å². The highest BCUT2D eigenvalue weighted by Gasteiger charge is 2.12. The highest BCUT2D eigenvalue weighted by atomic mass is 32.1. The second kappa shape index (κ2) is 5.44. The summed E-state index contributed by atoms with van der Waals surface area (Å²) in [6.45, 7) is 2.63. The van der Waals surface area contributed by atoms with Gasteiger partial charge in [0.15, 0.2) is 0 Å². The van der Waals surface area contributed by atoms with E-state index in [4.69, 9.17) is 4.74 Å². The lowest BCUT2D eigenvalue weighted by atomic mass is 10.1. The number of rotatable bonds is 4. The van der Waals surface area contributed by atoms with E-state index in [0.29, 0.717) is 12.6 Å². The molecule has 0 saturated carbocycles. The molecule has 2 heterocycles. The van der Waals surface area contributed by atoms with Gasteiger partial charge in [0.05, 0.1) is 13.2 Å². The molecule has 1 atom stereocenters. The Hall–Kier alpha value is -0.450. The molecule has 0 aromatic carbocycles. The van der Waals surface area contributed by atoms with Crippen LogP contribution in [0, 0.1) is 0 Å². The molecule has 1 unspecified atom stereocenters. The fourth-order valence-electron chi connectivity index (χ4n) is 1.68. The van der Waals surface area contributed by atoms with Crippen LogP contribution in [-0.4, -0.2) is 24.2 Å². The fraction of sp³-hybridized carbons (Fsp3) is 0.700. The molecular weight excluding hydrogens is 196 g/mol. The first-order chi connectivity index (χ1) is 6.95. The molecule has 0 aliphatic carbocycles. The summed E-state index contributed by atoms with van der Waals surface area (Å²) in [4.78, 5) is 4.17. The van der Waals surface area contributed by atoms with Gasteiger partial charge in [-0.15, -0.1) is 11.3 Å². The molecule has 1 fully saturated rings. The second-order valence-electron chi connectivity index (χ2n) is 3.59. The Bertz CT molecular complexity index is 245. The molecule has 1 aliphatic rings. The van der Waals surface area contributed by atoms with Crippen molar-refractivity contribution in [3.05, 3.63) is 16.6 Å². The van der Waals surface area contributed by atoms with Crippen LogP contribution in [0.4, 0.5) is 0 Å². The Morgan fingerprint density at radius 2 is 2.57 bits per heavy atom. The lowest BCUT2D eigenvalue weighted by Gasteiger charge is -2.22. The normalized spacial score (nSPS) is 22.4. The van der Waals surface area contributed by atoms with Gasteiger partial charge in [-0.25, -0.2) is 4.98 Å². The van der Waals surface area contributed by atoms with Crippen molar-refractivity contribution in [3.63, 3.8) is 0 Å². The van der Waals surface area contributed by atoms with Crippen molar-refractivity contribution in [1.82, 2.24) is 10.3 Å². The maximum absolute atomic E-state index is 5.60. The molecular formula is C10H16N2OS. The van der Waals surface area contributed by atoms with Gasteiger partial charge in [0, 0.05) is 17.6 Å². The van der Waals surface area contributed by atoms with Crippen LogP contribution in [-0.2, 0) is 11.3 Å². The van der Waals surface area contributed by atoms with E-state index < -0.39 is 0 Å². The van der Waals surface area contributed by atoms with E-state index in [9.17, 15) is 0 Å². The molecule has 0 radical (unpaired) electrons. The third-order valence-corrected chi connectivity index (χ3v) is 3.19. The Kier molecular flexibility index (Phi) is 3.91. The molecule has 1 aromatic rings. The van der Waals surface area contributed by atoms with E-state index in [2.05, 4.69) is 10.3 Å². The zero-order chi connectivity index (χ0) is 9.64. The van der Waals surface area contributed by atoms with Crippen molar-refractivity contribution in [3.8, 4) is 0 Å². The molecule has 1 aromatic heterocycles. The first-order valence-electron chi connectivity index (χ1n) is 5.14. The fourth-order valence-corrected chi connectivity index (χ4v) is 2.23. The van der Waals surface area contributed by atoms with Crippen molar-refractivity contribution < 1.29 is 4.74 Å². The molecule has 0 spiro atoms. The summed E-state index contributed by atoms with van der Waals surface area (Å²) in [6.07, 6.45) is 5.71. The minimum absolute atomic E-state index is 0.559. The topological polar surface area (TPSA) is 34.1 Å². The lowest BCUT2D eigenvalue weighted by molar-refractivity contribution is 0.0910. The average molecular weight is 212 g/mol. The summed E-state index contributed by atoms with van der Waals surface area (Å²) in [6, 6.07) is 0.559. The number of nitrogens with zero attached hydrogens (tertiary/aromatic N) is 1. The third-order valence-electron chi connectivity index (χ3n) is 2.44. The standard InChI is InChI=1S/C10H16N2OS/c1-2-4-11-9(3-1)7-13-8-10-12-5-6-14-10/h5-6,9,11H,1-4,7-8H2. The Morgan fingerprint density at radius 3 is 3.29 bits per heavy atom. The number of ether oxygens (including phenoxy) is 1. The summed E-state index contributed by atoms with van der Waals surface area (Å²) >= 11 is 1.65. The zero-order valence-corrected chi connectivity index (χ0v) is 9.05. The van der Waals surface area contributed by atoms with E-state index >= 15 is 0 Å². The summed E-state index contributed by atoms with van der Waals surface area (Å²) in [5.74, 6) is 0. The Morgan fingerprint density at radius 1 is 1.57 bits per heavy atom. The minimum Gasteiger partial charge on any atom is -0.373 e. The maximum atomic E-state index is 5.60. The van der Waals surface area contributed by atoms with Crippen molar-refractivity contribution in [2.45, 2.75) is 31.9 Å². The lowest BCUT2D eigenvalue weighted by Crippen LogP contribution is -2.37. The van der Waals surface area contributed by atoms with Gasteiger partial charge in [-0.1, -0.05) is 6.42 Å². The maximum Gasteiger partial charge on any atom is 0.118 e. The molecule has 0 bridgehead atoms. The second-order valence-corrected chi connectivity index (χ2v) is 4.57. The monoisotopic (exact) mass is 212 g/mol. The Balaban J connectivity index is 1.62. The quantitative estimate of drug-likeness (QED) is 0.826. The highest BCUT2D eigenvalue weighted by molar-refractivity contribution is 7.09. The van der Waals surface area contributed by atoms with Crippen LogP contribution in [0.2, 0.25) is 0 Å². The van der Waals surface area contributed by atoms with Crippen LogP contribution in [0.3, 0.4) is 0 Å². The zero-order valence-electron chi connectivity index (χ0n) is 8.24. The first kappa shape index (κ1) is 10.1. The van der Waals surface area contributed by atoms with Crippen molar-refractivity contribution in [2.24, 2.45) is 0 Å². The number of thiazole rings is 1. The third kappa shape index (κ3) is 3.04. The van der Waals surface area contributed by atoms with Crippen LogP contribution >= 0.6 is 11.3 Å². The largest absolute Gasteiger partial charge is 0.373 e. The van der Waals surface area contributed by atoms with Gasteiger partial charge < -0.3 is 10.1 Å². The summed E-state index contributed by atoms with van der Waals surface area (Å²) in [7, 11) is 0. The molecule has 78 valence electrons. The predicted octanol–water partition coefficient (Wildman–Crippen LogP) is 1.80. The molecule has 0 amide bonds. The molecule has 14 heavy (non-hydrogen) atoms. The van der Waals surface area contributed by atoms with Crippen molar-refractivity contribution >= 4 is 11.3 Å². The molecule has 4 heteroatoms. The van der Waals surface area contributed by atoms with E-state index in [1.54, 1.807) is 11.3 Å². The van der Waals surface area contributed by atoms with E-state index in [1.165, 1.54) is 19.3 Å². The molecule has 2 rings (SSSR count).